The van der Waals surface area contributed by atoms with Crippen LogP contribution in [-0.2, 0) is 10.0 Å². The molecule has 0 amide bonds. The van der Waals surface area contributed by atoms with Crippen molar-refractivity contribution in [2.75, 3.05) is 10.5 Å². The molecule has 0 heterocycles. The molecule has 0 spiro atoms. The smallest absolute Gasteiger partial charge is 0.264 e. The fourth-order valence-electron chi connectivity index (χ4n) is 1.53. The van der Waals surface area contributed by atoms with Crippen LogP contribution in [0, 0.1) is 11.6 Å². The third kappa shape index (κ3) is 3.28. The van der Waals surface area contributed by atoms with E-state index in [0.717, 1.165) is 12.1 Å². The summed E-state index contributed by atoms with van der Waals surface area (Å²) in [5, 5.41) is -0.258. The van der Waals surface area contributed by atoms with Gasteiger partial charge in [-0.3, -0.25) is 4.72 Å². The van der Waals surface area contributed by atoms with Crippen molar-refractivity contribution in [3.05, 3.63) is 51.5 Å². The lowest BCUT2D eigenvalue weighted by Crippen LogP contribution is -2.16. The van der Waals surface area contributed by atoms with Crippen molar-refractivity contribution < 1.29 is 17.2 Å². The Labute approximate surface area is 133 Å². The van der Waals surface area contributed by atoms with E-state index in [4.69, 9.17) is 17.3 Å². The molecule has 0 fully saturated rings. The number of benzene rings is 2. The number of nitrogens with two attached hydrogens (primary N) is 1. The summed E-state index contributed by atoms with van der Waals surface area (Å²) >= 11 is 8.53. The molecule has 2 aromatic carbocycles. The van der Waals surface area contributed by atoms with Gasteiger partial charge in [0, 0.05) is 10.2 Å². The number of rotatable bonds is 3. The minimum Gasteiger partial charge on any atom is -0.398 e. The van der Waals surface area contributed by atoms with Gasteiger partial charge in [-0.15, -0.1) is 0 Å². The van der Waals surface area contributed by atoms with Gasteiger partial charge in [-0.2, -0.15) is 0 Å². The first-order valence-corrected chi connectivity index (χ1v) is 8.09. The van der Waals surface area contributed by atoms with E-state index in [1.54, 1.807) is 0 Å². The van der Waals surface area contributed by atoms with Crippen LogP contribution >= 0.6 is 27.5 Å². The van der Waals surface area contributed by atoms with Crippen molar-refractivity contribution >= 4 is 48.9 Å². The summed E-state index contributed by atoms with van der Waals surface area (Å²) in [7, 11) is -4.35. The second-order valence-corrected chi connectivity index (χ2v) is 6.92. The van der Waals surface area contributed by atoms with E-state index in [1.165, 1.54) is 18.2 Å². The Bertz CT molecular complexity index is 815. The van der Waals surface area contributed by atoms with Gasteiger partial charge < -0.3 is 5.73 Å². The quantitative estimate of drug-likeness (QED) is 0.775. The molecule has 0 bridgehead atoms. The fraction of sp³-hybridized carbons (Fsp3) is 0. The zero-order chi connectivity index (χ0) is 15.8. The molecule has 0 aliphatic heterocycles. The summed E-state index contributed by atoms with van der Waals surface area (Å²) in [5.74, 6) is -1.97. The maximum absolute atomic E-state index is 13.8. The van der Waals surface area contributed by atoms with E-state index < -0.39 is 26.6 Å². The molecule has 2 aromatic rings. The summed E-state index contributed by atoms with van der Waals surface area (Å²) in [5.41, 5.74) is 5.18. The highest BCUT2D eigenvalue weighted by Crippen LogP contribution is 2.29. The van der Waals surface area contributed by atoms with Gasteiger partial charge in [-0.05, 0) is 40.2 Å². The summed E-state index contributed by atoms with van der Waals surface area (Å²) in [6.45, 7) is 0. The number of anilines is 2. The third-order valence-electron chi connectivity index (χ3n) is 2.54. The monoisotopic (exact) mass is 396 g/mol. The maximum atomic E-state index is 13.8. The van der Waals surface area contributed by atoms with Crippen LogP contribution in [0.25, 0.3) is 0 Å². The summed E-state index contributed by atoms with van der Waals surface area (Å²) < 4.78 is 53.9. The zero-order valence-electron chi connectivity index (χ0n) is 10.2. The van der Waals surface area contributed by atoms with Crippen molar-refractivity contribution in [3.63, 3.8) is 0 Å². The number of nitrogen functional groups attached to an aromatic ring is 1. The van der Waals surface area contributed by atoms with Crippen LogP contribution in [-0.4, -0.2) is 8.42 Å². The summed E-state index contributed by atoms with van der Waals surface area (Å²) in [4.78, 5) is -0.692. The molecular formula is C12H8BrClF2N2O2S. The van der Waals surface area contributed by atoms with Gasteiger partial charge in [-0.1, -0.05) is 17.7 Å². The van der Waals surface area contributed by atoms with Crippen molar-refractivity contribution in [3.8, 4) is 0 Å². The number of halogens is 4. The molecule has 0 aliphatic carbocycles. The lowest BCUT2D eigenvalue weighted by atomic mass is 10.3. The van der Waals surface area contributed by atoms with Crippen LogP contribution in [0.15, 0.2) is 39.7 Å². The average Bonchev–Trinajstić information content (AvgIpc) is 2.39. The van der Waals surface area contributed by atoms with Crippen LogP contribution in [0.1, 0.15) is 0 Å². The molecule has 4 nitrogen and oxygen atoms in total. The Balaban J connectivity index is 2.48. The lowest BCUT2D eigenvalue weighted by molar-refractivity contribution is 0.569. The van der Waals surface area contributed by atoms with E-state index in [9.17, 15) is 17.2 Å². The number of sulfonamides is 1. The third-order valence-corrected chi connectivity index (χ3v) is 4.90. The molecule has 0 atom stereocenters. The van der Waals surface area contributed by atoms with Gasteiger partial charge in [0.2, 0.25) is 0 Å². The minimum atomic E-state index is -4.35. The number of hydrogen-bond donors (Lipinski definition) is 2. The first-order valence-electron chi connectivity index (χ1n) is 5.43. The van der Waals surface area contributed by atoms with Gasteiger partial charge in [0.15, 0.2) is 5.82 Å². The maximum Gasteiger partial charge on any atom is 0.264 e. The molecule has 0 unspecified atom stereocenters. The van der Waals surface area contributed by atoms with Crippen molar-refractivity contribution in [1.82, 2.24) is 0 Å². The Kier molecular flexibility index (Phi) is 4.40. The second-order valence-electron chi connectivity index (χ2n) is 4.01. The normalized spacial score (nSPS) is 11.4. The molecule has 3 N–H and O–H groups in total. The van der Waals surface area contributed by atoms with Crippen LogP contribution in [0.5, 0.6) is 0 Å². The Morgan fingerprint density at radius 2 is 1.90 bits per heavy atom. The summed E-state index contributed by atoms with van der Waals surface area (Å²) in [6, 6.07) is 5.63. The van der Waals surface area contributed by atoms with Crippen molar-refractivity contribution in [2.45, 2.75) is 4.90 Å². The van der Waals surface area contributed by atoms with Crippen LogP contribution in [0.3, 0.4) is 0 Å². The van der Waals surface area contributed by atoms with Crippen LogP contribution < -0.4 is 10.5 Å². The lowest BCUT2D eigenvalue weighted by Gasteiger charge is -2.11. The molecule has 0 aliphatic rings. The summed E-state index contributed by atoms with van der Waals surface area (Å²) in [6.07, 6.45) is 0. The Hall–Kier alpha value is -1.38. The highest BCUT2D eigenvalue weighted by molar-refractivity contribution is 9.10. The predicted octanol–water partition coefficient (Wildman–Crippen LogP) is 3.76. The molecule has 0 aromatic heterocycles. The Morgan fingerprint density at radius 1 is 1.24 bits per heavy atom. The molecule has 9 heteroatoms. The molecule has 0 radical (unpaired) electrons. The average molecular weight is 398 g/mol. The topological polar surface area (TPSA) is 72.2 Å². The largest absolute Gasteiger partial charge is 0.398 e. The number of nitrogens with one attached hydrogen (secondary N) is 1. The molecule has 0 saturated heterocycles. The molecular weight excluding hydrogens is 390 g/mol. The van der Waals surface area contributed by atoms with E-state index in [-0.39, 0.29) is 20.9 Å². The Morgan fingerprint density at radius 3 is 2.57 bits per heavy atom. The first kappa shape index (κ1) is 16.0. The van der Waals surface area contributed by atoms with E-state index >= 15 is 0 Å². The van der Waals surface area contributed by atoms with Crippen molar-refractivity contribution in [1.29, 1.82) is 0 Å². The van der Waals surface area contributed by atoms with Gasteiger partial charge in [-0.25, -0.2) is 17.2 Å². The zero-order valence-corrected chi connectivity index (χ0v) is 13.4. The van der Waals surface area contributed by atoms with Crippen molar-refractivity contribution in [2.24, 2.45) is 0 Å². The second kappa shape index (κ2) is 5.78. The first-order chi connectivity index (χ1) is 9.72. The minimum absolute atomic E-state index is 0.0309. The van der Waals surface area contributed by atoms with Gasteiger partial charge in [0.05, 0.1) is 10.7 Å². The number of hydrogen-bond acceptors (Lipinski definition) is 3. The molecule has 112 valence electrons. The highest BCUT2D eigenvalue weighted by Gasteiger charge is 2.22. The molecule has 0 saturated carbocycles. The van der Waals surface area contributed by atoms with Gasteiger partial charge in [0.1, 0.15) is 10.7 Å². The van der Waals surface area contributed by atoms with Gasteiger partial charge >= 0.3 is 0 Å². The fourth-order valence-corrected chi connectivity index (χ4v) is 3.18. The molecule has 21 heavy (non-hydrogen) atoms. The van der Waals surface area contributed by atoms with Crippen LogP contribution in [0.2, 0.25) is 5.02 Å². The van der Waals surface area contributed by atoms with Crippen LogP contribution in [0.4, 0.5) is 20.2 Å². The SMILES string of the molecule is Nc1cc(S(=O)(=O)Nc2cccc(Cl)c2F)c(F)cc1Br. The van der Waals surface area contributed by atoms with E-state index in [1.807, 2.05) is 4.72 Å². The van der Waals surface area contributed by atoms with E-state index in [0.29, 0.717) is 0 Å². The predicted molar refractivity (Wildman–Crippen MR) is 80.7 cm³/mol. The van der Waals surface area contributed by atoms with Gasteiger partial charge in [0.25, 0.3) is 10.0 Å². The van der Waals surface area contributed by atoms with E-state index in [2.05, 4.69) is 15.9 Å². The highest BCUT2D eigenvalue weighted by atomic mass is 79.9. The standard InChI is InChI=1S/C12H8BrClF2N2O2S/c13-6-4-8(15)11(5-9(6)17)21(19,20)18-10-3-1-2-7(14)12(10)16/h1-5,18H,17H2. The molecule has 2 rings (SSSR count).